The monoisotopic (exact) mass is 680 g/mol. The zero-order chi connectivity index (χ0) is 35.4. The molecular weight excluding hydrogens is 640 g/mol. The molecule has 1 aliphatic heterocycles. The highest BCUT2D eigenvalue weighted by Crippen LogP contribution is 2.38. The van der Waals surface area contributed by atoms with E-state index in [-0.39, 0.29) is 18.0 Å². The van der Waals surface area contributed by atoms with Gasteiger partial charge in [0, 0.05) is 57.0 Å². The number of hydrogen-bond donors (Lipinski definition) is 4. The van der Waals surface area contributed by atoms with Crippen molar-refractivity contribution < 1.29 is 73.6 Å². The number of aliphatic carboxylic acids is 4. The van der Waals surface area contributed by atoms with E-state index in [1.54, 1.807) is 52.7 Å². The van der Waals surface area contributed by atoms with Crippen molar-refractivity contribution in [1.29, 1.82) is 0 Å². The Hall–Kier alpha value is -5.65. The average Bonchev–Trinajstić information content (AvgIpc) is 3.04. The fraction of sp³-hybridized carbons (Fsp3) is 0.323. The predicted octanol–water partition coefficient (Wildman–Crippen LogP) is 1.04. The van der Waals surface area contributed by atoms with Gasteiger partial charge >= 0.3 is 29.8 Å². The molecule has 6 N–H and O–H groups in total. The molecule has 0 spiro atoms. The number of esters is 1. The van der Waals surface area contributed by atoms with Gasteiger partial charge in [0.1, 0.15) is 11.5 Å². The summed E-state index contributed by atoms with van der Waals surface area (Å²) in [5.41, 5.74) is 1.09. The predicted molar refractivity (Wildman–Crippen MR) is 169 cm³/mol. The van der Waals surface area contributed by atoms with E-state index in [4.69, 9.17) is 44.1 Å². The highest BCUT2D eigenvalue weighted by Gasteiger charge is 2.21. The first kappa shape index (κ1) is 42.3. The number of carbonyl (C=O) groups excluding carboxylic acids is 1. The fourth-order valence-electron chi connectivity index (χ4n) is 3.87. The normalized spacial score (nSPS) is 12.7. The molecule has 0 amide bonds. The number of benzene rings is 2. The first-order valence-electron chi connectivity index (χ1n) is 13.7. The maximum Gasteiger partial charge on any atom is 0.328 e. The number of carboxylic acids is 4. The Labute approximate surface area is 276 Å². The number of rotatable bonds is 13. The summed E-state index contributed by atoms with van der Waals surface area (Å²) in [4.78, 5) is 54.9. The van der Waals surface area contributed by atoms with Crippen molar-refractivity contribution >= 4 is 29.8 Å². The van der Waals surface area contributed by atoms with Gasteiger partial charge < -0.3 is 49.6 Å². The number of piperazine rings is 1. The molecule has 0 atom stereocenters. The number of methoxy groups -OCH3 is 4. The lowest BCUT2D eigenvalue weighted by molar-refractivity contribution is -0.136. The van der Waals surface area contributed by atoms with Crippen LogP contribution >= 0.6 is 0 Å². The van der Waals surface area contributed by atoms with E-state index < -0.39 is 23.9 Å². The second kappa shape index (κ2) is 22.8. The van der Waals surface area contributed by atoms with Crippen LogP contribution in [0.5, 0.6) is 28.7 Å². The van der Waals surface area contributed by atoms with Crippen LogP contribution in [-0.2, 0) is 30.5 Å². The van der Waals surface area contributed by atoms with E-state index in [2.05, 4.69) is 9.80 Å². The van der Waals surface area contributed by atoms with Crippen molar-refractivity contribution in [3.63, 3.8) is 0 Å². The van der Waals surface area contributed by atoms with Crippen LogP contribution in [0.4, 0.5) is 0 Å². The highest BCUT2D eigenvalue weighted by atomic mass is 16.5. The molecule has 0 saturated carbocycles. The summed E-state index contributed by atoms with van der Waals surface area (Å²) in [6, 6.07) is 10.9. The number of carboxylic acid groups (broad SMARTS) is 4. The van der Waals surface area contributed by atoms with E-state index in [1.807, 2.05) is 12.1 Å². The lowest BCUT2D eigenvalue weighted by Crippen LogP contribution is -2.48. The summed E-state index contributed by atoms with van der Waals surface area (Å²) < 4.78 is 26.8. The third-order valence-corrected chi connectivity index (χ3v) is 5.98. The van der Waals surface area contributed by atoms with Gasteiger partial charge in [-0.05, 0) is 42.0 Å². The first-order chi connectivity index (χ1) is 22.3. The average molecular weight is 681 g/mol. The fourth-order valence-corrected chi connectivity index (χ4v) is 3.87. The Morgan fingerprint density at radius 2 is 1.02 bits per heavy atom. The van der Waals surface area contributed by atoms with Crippen LogP contribution in [0.3, 0.4) is 0 Å². The van der Waals surface area contributed by atoms with Crippen LogP contribution in [0.15, 0.2) is 60.7 Å². The van der Waals surface area contributed by atoms with Crippen LogP contribution < -0.4 is 23.7 Å². The van der Waals surface area contributed by atoms with Gasteiger partial charge in [-0.25, -0.2) is 19.2 Å². The molecule has 264 valence electrons. The molecule has 0 aliphatic carbocycles. The number of hydrogen-bond acceptors (Lipinski definition) is 12. The molecule has 2 aromatic carbocycles. The lowest BCUT2D eigenvalue weighted by Gasteiger charge is -2.34. The molecule has 2 aromatic rings. The molecule has 0 aromatic heterocycles. The van der Waals surface area contributed by atoms with Crippen LogP contribution in [0.2, 0.25) is 0 Å². The van der Waals surface area contributed by atoms with E-state index in [0.29, 0.717) is 47.3 Å². The number of nitrogens with zero attached hydrogens (tertiary/aromatic N) is 2. The first-order valence-corrected chi connectivity index (χ1v) is 13.7. The van der Waals surface area contributed by atoms with Crippen LogP contribution in [0.25, 0.3) is 0 Å². The van der Waals surface area contributed by atoms with E-state index >= 15 is 0 Å². The van der Waals surface area contributed by atoms with E-state index in [1.165, 1.54) is 0 Å². The Morgan fingerprint density at radius 3 is 1.38 bits per heavy atom. The standard InChI is InChI=1S/C23H30N2O6.2C4H4O4.H2O/c1-27-18-5-7-19(8-6-18)31-22(26)16-25-11-9-24(10-12-25)15-17-13-20(28-2)23(30-4)21(14-17)29-3;2*5-3(6)1-2-4(7)8;/h5-8,13-14H,9-12,15-16H2,1-4H3;2*1-2H,(H,5,6)(H,7,8);1H2/b;2*2-1+;. The molecule has 1 fully saturated rings. The van der Waals surface area contributed by atoms with Crippen LogP contribution in [-0.4, -0.2) is 127 Å². The van der Waals surface area contributed by atoms with Gasteiger partial charge in [0.05, 0.1) is 35.0 Å². The molecule has 1 aliphatic rings. The maximum atomic E-state index is 12.3. The summed E-state index contributed by atoms with van der Waals surface area (Å²) in [5.74, 6) is -2.15. The SMILES string of the molecule is COc1ccc(OC(=O)CN2CCN(Cc3cc(OC)c(OC)c(OC)c3)CC2)cc1.O.O=C(O)/C=C/C(=O)O.O=C(O)/C=C/C(=O)O. The van der Waals surface area contributed by atoms with E-state index in [0.717, 1.165) is 44.0 Å². The summed E-state index contributed by atoms with van der Waals surface area (Å²) in [5, 5.41) is 31.2. The zero-order valence-electron chi connectivity index (χ0n) is 26.8. The van der Waals surface area contributed by atoms with Gasteiger partial charge in [-0.2, -0.15) is 0 Å². The van der Waals surface area contributed by atoms with Gasteiger partial charge in [-0.1, -0.05) is 0 Å². The maximum absolute atomic E-state index is 12.3. The molecule has 1 saturated heterocycles. The summed E-state index contributed by atoms with van der Waals surface area (Å²) in [6.07, 6.45) is 2.23. The molecule has 1 heterocycles. The van der Waals surface area contributed by atoms with Gasteiger partial charge in [0.25, 0.3) is 0 Å². The van der Waals surface area contributed by atoms with Crippen molar-refractivity contribution in [1.82, 2.24) is 9.80 Å². The molecule has 0 bridgehead atoms. The minimum absolute atomic E-state index is 0. The summed E-state index contributed by atoms with van der Waals surface area (Å²) in [7, 11) is 6.43. The highest BCUT2D eigenvalue weighted by molar-refractivity contribution is 5.90. The zero-order valence-corrected chi connectivity index (χ0v) is 26.8. The quantitative estimate of drug-likeness (QED) is 0.131. The number of carbonyl (C=O) groups is 5. The smallest absolute Gasteiger partial charge is 0.328 e. The molecule has 0 unspecified atom stereocenters. The Bertz CT molecular complexity index is 1310. The van der Waals surface area contributed by atoms with Crippen molar-refractivity contribution in [2.75, 3.05) is 61.2 Å². The van der Waals surface area contributed by atoms with E-state index in [9.17, 15) is 24.0 Å². The molecule has 3 rings (SSSR count). The molecule has 48 heavy (non-hydrogen) atoms. The van der Waals surface area contributed by atoms with Crippen LogP contribution in [0.1, 0.15) is 5.56 Å². The van der Waals surface area contributed by atoms with Gasteiger partial charge in [-0.15, -0.1) is 0 Å². The third kappa shape index (κ3) is 17.2. The Morgan fingerprint density at radius 1 is 0.625 bits per heavy atom. The summed E-state index contributed by atoms with van der Waals surface area (Å²) >= 11 is 0. The summed E-state index contributed by atoms with van der Waals surface area (Å²) in [6.45, 7) is 4.33. The minimum atomic E-state index is -1.26. The van der Waals surface area contributed by atoms with Gasteiger partial charge in [-0.3, -0.25) is 14.6 Å². The second-order valence-corrected chi connectivity index (χ2v) is 9.26. The van der Waals surface area contributed by atoms with Gasteiger partial charge in [0.2, 0.25) is 5.75 Å². The lowest BCUT2D eigenvalue weighted by atomic mass is 10.1. The largest absolute Gasteiger partial charge is 0.497 e. The minimum Gasteiger partial charge on any atom is -0.497 e. The Balaban J connectivity index is 0.00000108. The third-order valence-electron chi connectivity index (χ3n) is 5.98. The van der Waals surface area contributed by atoms with Gasteiger partial charge in [0.15, 0.2) is 11.5 Å². The Kier molecular flexibility index (Phi) is 20.1. The van der Waals surface area contributed by atoms with Crippen molar-refractivity contribution in [2.24, 2.45) is 0 Å². The molecule has 17 nitrogen and oxygen atoms in total. The molecule has 17 heteroatoms. The van der Waals surface area contributed by atoms with Crippen LogP contribution in [0, 0.1) is 0 Å². The molecular formula is C31H40N2O15. The molecule has 0 radical (unpaired) electrons. The second-order valence-electron chi connectivity index (χ2n) is 9.26. The topological polar surface area (TPSA) is 250 Å². The van der Waals surface area contributed by atoms with Crippen molar-refractivity contribution in [2.45, 2.75) is 6.54 Å². The van der Waals surface area contributed by atoms with Crippen molar-refractivity contribution in [3.8, 4) is 28.7 Å². The number of ether oxygens (including phenoxy) is 5. The van der Waals surface area contributed by atoms with Crippen molar-refractivity contribution in [3.05, 3.63) is 66.3 Å².